The van der Waals surface area contributed by atoms with Gasteiger partial charge in [-0.3, -0.25) is 14.6 Å². The zero-order valence-corrected chi connectivity index (χ0v) is 19.0. The summed E-state index contributed by atoms with van der Waals surface area (Å²) < 4.78 is 1.90. The van der Waals surface area contributed by atoms with Gasteiger partial charge in [-0.25, -0.2) is 4.98 Å². The summed E-state index contributed by atoms with van der Waals surface area (Å²) in [4.78, 5) is 36.7. The van der Waals surface area contributed by atoms with Crippen molar-refractivity contribution >= 4 is 28.5 Å². The highest BCUT2D eigenvalue weighted by molar-refractivity contribution is 5.95. The molecule has 2 amide bonds. The Kier molecular flexibility index (Phi) is 6.49. The maximum atomic E-state index is 13.5. The zero-order valence-electron chi connectivity index (χ0n) is 19.0. The van der Waals surface area contributed by atoms with E-state index in [2.05, 4.69) is 10.3 Å². The molecule has 0 bridgehead atoms. The van der Waals surface area contributed by atoms with Gasteiger partial charge in [0.2, 0.25) is 5.91 Å². The van der Waals surface area contributed by atoms with Crippen LogP contribution in [0, 0.1) is 0 Å². The summed E-state index contributed by atoms with van der Waals surface area (Å²) in [7, 11) is 0. The molecule has 2 heterocycles. The molecule has 2 aromatic heterocycles. The molecular formula is C26H27N5O2. The Morgan fingerprint density at radius 3 is 2.30 bits per heavy atom. The number of hydrogen-bond acceptors (Lipinski definition) is 4. The predicted molar refractivity (Wildman–Crippen MR) is 129 cm³/mol. The molecular weight excluding hydrogens is 414 g/mol. The molecule has 7 heteroatoms. The molecule has 0 radical (unpaired) electrons. The zero-order chi connectivity index (χ0) is 23.4. The lowest BCUT2D eigenvalue weighted by molar-refractivity contribution is -0.119. The summed E-state index contributed by atoms with van der Waals surface area (Å²) in [6.07, 6.45) is 3.16. The van der Waals surface area contributed by atoms with Crippen LogP contribution in [-0.4, -0.2) is 32.4 Å². The predicted octanol–water partition coefficient (Wildman–Crippen LogP) is 4.36. The van der Waals surface area contributed by atoms with Gasteiger partial charge in [-0.05, 0) is 57.2 Å². The average molecular weight is 442 g/mol. The molecule has 0 saturated heterocycles. The van der Waals surface area contributed by atoms with E-state index >= 15 is 0 Å². The lowest BCUT2D eigenvalue weighted by atomic mass is 10.2. The van der Waals surface area contributed by atoms with Crippen molar-refractivity contribution < 1.29 is 9.59 Å². The molecule has 0 aliphatic heterocycles. The minimum Gasteiger partial charge on any atom is -0.342 e. The van der Waals surface area contributed by atoms with Gasteiger partial charge in [0, 0.05) is 29.7 Å². The van der Waals surface area contributed by atoms with Crippen molar-refractivity contribution in [3.05, 3.63) is 90.5 Å². The van der Waals surface area contributed by atoms with Crippen molar-refractivity contribution in [3.8, 4) is 0 Å². The second-order valence-corrected chi connectivity index (χ2v) is 8.17. The lowest BCUT2D eigenvalue weighted by Gasteiger charge is -2.28. The van der Waals surface area contributed by atoms with Crippen LogP contribution in [-0.2, 0) is 11.3 Å². The first-order valence-electron chi connectivity index (χ1n) is 11.0. The highest BCUT2D eigenvalue weighted by Gasteiger charge is 2.24. The standard InChI is InChI=1S/C26H27N5O2/c1-18(2)31(21-9-5-4-6-10-21)24(32)17-30-23-12-8-7-11-22(23)29-25(30)19(3)28-26(33)20-13-15-27-16-14-20/h4-16,18-19H,17H2,1-3H3,(H,28,33). The number of nitrogens with zero attached hydrogens (tertiary/aromatic N) is 4. The van der Waals surface area contributed by atoms with Crippen molar-refractivity contribution in [1.82, 2.24) is 19.9 Å². The normalized spacial score (nSPS) is 12.0. The van der Waals surface area contributed by atoms with Gasteiger partial charge < -0.3 is 14.8 Å². The van der Waals surface area contributed by atoms with Gasteiger partial charge in [-0.15, -0.1) is 0 Å². The van der Waals surface area contributed by atoms with Crippen LogP contribution in [0.25, 0.3) is 11.0 Å². The maximum Gasteiger partial charge on any atom is 0.251 e. The molecule has 0 spiro atoms. The third-order valence-corrected chi connectivity index (χ3v) is 5.47. The highest BCUT2D eigenvalue weighted by Crippen LogP contribution is 2.23. The van der Waals surface area contributed by atoms with Crippen LogP contribution in [0.15, 0.2) is 79.1 Å². The molecule has 0 aliphatic rings. The summed E-state index contributed by atoms with van der Waals surface area (Å²) in [6.45, 7) is 5.97. The first kappa shape index (κ1) is 22.2. The molecule has 168 valence electrons. The number of imidazole rings is 1. The molecule has 0 fully saturated rings. The Labute approximate surface area is 193 Å². The van der Waals surface area contributed by atoms with Crippen LogP contribution >= 0.6 is 0 Å². The molecule has 4 aromatic rings. The van der Waals surface area contributed by atoms with Gasteiger partial charge in [0.1, 0.15) is 12.4 Å². The van der Waals surface area contributed by atoms with Crippen molar-refractivity contribution in [3.63, 3.8) is 0 Å². The number of anilines is 1. The van der Waals surface area contributed by atoms with E-state index in [1.807, 2.05) is 79.9 Å². The Morgan fingerprint density at radius 1 is 0.939 bits per heavy atom. The van der Waals surface area contributed by atoms with Crippen LogP contribution in [0.3, 0.4) is 0 Å². The fraction of sp³-hybridized carbons (Fsp3) is 0.231. The number of pyridine rings is 1. The maximum absolute atomic E-state index is 13.5. The Balaban J connectivity index is 1.66. The molecule has 0 saturated carbocycles. The lowest BCUT2D eigenvalue weighted by Crippen LogP contribution is -2.40. The number of para-hydroxylation sites is 3. The minimum atomic E-state index is -0.407. The molecule has 4 rings (SSSR count). The molecule has 33 heavy (non-hydrogen) atoms. The van der Waals surface area contributed by atoms with Crippen molar-refractivity contribution in [2.75, 3.05) is 4.90 Å². The van der Waals surface area contributed by atoms with Crippen LogP contribution in [0.2, 0.25) is 0 Å². The molecule has 2 aromatic carbocycles. The molecule has 0 aliphatic carbocycles. The summed E-state index contributed by atoms with van der Waals surface area (Å²) in [5, 5.41) is 3.00. The molecule has 1 N–H and O–H groups in total. The van der Waals surface area contributed by atoms with Crippen LogP contribution < -0.4 is 10.2 Å². The van der Waals surface area contributed by atoms with Gasteiger partial charge in [-0.1, -0.05) is 30.3 Å². The van der Waals surface area contributed by atoms with E-state index < -0.39 is 6.04 Å². The third kappa shape index (κ3) is 4.77. The van der Waals surface area contributed by atoms with Crippen LogP contribution in [0.1, 0.15) is 43.0 Å². The van der Waals surface area contributed by atoms with E-state index in [0.29, 0.717) is 11.4 Å². The molecule has 7 nitrogen and oxygen atoms in total. The van der Waals surface area contributed by atoms with Crippen molar-refractivity contribution in [2.45, 2.75) is 39.4 Å². The minimum absolute atomic E-state index is 0.0121. The van der Waals surface area contributed by atoms with E-state index in [1.54, 1.807) is 29.4 Å². The van der Waals surface area contributed by atoms with Gasteiger partial charge in [0.05, 0.1) is 17.1 Å². The SMILES string of the molecule is CC(NC(=O)c1ccncc1)c1nc2ccccc2n1CC(=O)N(c1ccccc1)C(C)C. The Bertz CT molecular complexity index is 1250. The fourth-order valence-electron chi connectivity index (χ4n) is 3.97. The van der Waals surface area contributed by atoms with Crippen molar-refractivity contribution in [1.29, 1.82) is 0 Å². The summed E-state index contributed by atoms with van der Waals surface area (Å²) in [5.41, 5.74) is 3.00. The first-order chi connectivity index (χ1) is 16.0. The monoisotopic (exact) mass is 441 g/mol. The Hall–Kier alpha value is -4.00. The number of benzene rings is 2. The van der Waals surface area contributed by atoms with Crippen LogP contribution in [0.5, 0.6) is 0 Å². The number of rotatable bonds is 7. The number of nitrogens with one attached hydrogen (secondary N) is 1. The number of carbonyl (C=O) groups is 2. The summed E-state index contributed by atoms with van der Waals surface area (Å²) in [6, 6.07) is 20.2. The van der Waals surface area contributed by atoms with E-state index in [1.165, 1.54) is 0 Å². The summed E-state index contributed by atoms with van der Waals surface area (Å²) in [5.74, 6) is 0.361. The van der Waals surface area contributed by atoms with Gasteiger partial charge in [0.15, 0.2) is 0 Å². The van der Waals surface area contributed by atoms with Gasteiger partial charge in [-0.2, -0.15) is 0 Å². The van der Waals surface area contributed by atoms with Gasteiger partial charge in [0.25, 0.3) is 5.91 Å². The molecule has 1 atom stereocenters. The smallest absolute Gasteiger partial charge is 0.251 e. The topological polar surface area (TPSA) is 80.1 Å². The second-order valence-electron chi connectivity index (χ2n) is 8.17. The Morgan fingerprint density at radius 2 is 1.61 bits per heavy atom. The van der Waals surface area contributed by atoms with Crippen LogP contribution in [0.4, 0.5) is 5.69 Å². The number of carbonyl (C=O) groups excluding carboxylic acids is 2. The van der Waals surface area contributed by atoms with E-state index in [0.717, 1.165) is 16.7 Å². The number of aromatic nitrogens is 3. The van der Waals surface area contributed by atoms with E-state index in [9.17, 15) is 9.59 Å². The van der Waals surface area contributed by atoms with Crippen molar-refractivity contribution in [2.24, 2.45) is 0 Å². The average Bonchev–Trinajstić information content (AvgIpc) is 3.18. The van der Waals surface area contributed by atoms with E-state index in [-0.39, 0.29) is 24.4 Å². The largest absolute Gasteiger partial charge is 0.342 e. The molecule has 1 unspecified atom stereocenters. The second kappa shape index (κ2) is 9.65. The van der Waals surface area contributed by atoms with Gasteiger partial charge >= 0.3 is 0 Å². The number of hydrogen-bond donors (Lipinski definition) is 1. The number of amides is 2. The number of fused-ring (bicyclic) bond motifs is 1. The third-order valence-electron chi connectivity index (χ3n) is 5.47. The first-order valence-corrected chi connectivity index (χ1v) is 11.0. The quantitative estimate of drug-likeness (QED) is 0.462. The highest BCUT2D eigenvalue weighted by atomic mass is 16.2. The summed E-state index contributed by atoms with van der Waals surface area (Å²) >= 11 is 0. The fourth-order valence-corrected chi connectivity index (χ4v) is 3.97. The van der Waals surface area contributed by atoms with E-state index in [4.69, 9.17) is 4.98 Å².